The summed E-state index contributed by atoms with van der Waals surface area (Å²) in [5.74, 6) is -2.47. The predicted octanol–water partition coefficient (Wildman–Crippen LogP) is -6.47. The van der Waals surface area contributed by atoms with E-state index in [2.05, 4.69) is 10.6 Å². The third-order valence-electron chi connectivity index (χ3n) is 5.70. The fraction of sp³-hybridized carbons (Fsp3) is 0.556. The second-order valence-electron chi connectivity index (χ2n) is 8.67. The van der Waals surface area contributed by atoms with Crippen LogP contribution in [-0.4, -0.2) is 128 Å². The summed E-state index contributed by atoms with van der Waals surface area (Å²) in [4.78, 5) is 93.4. The molecule has 13 amide bonds. The molecule has 0 bridgehead atoms. The van der Waals surface area contributed by atoms with Gasteiger partial charge in [-0.25, -0.2) is 28.9 Å². The highest BCUT2D eigenvalue weighted by atomic mass is 16.3. The maximum absolute atomic E-state index is 11.8. The summed E-state index contributed by atoms with van der Waals surface area (Å²) >= 11 is 0. The van der Waals surface area contributed by atoms with Gasteiger partial charge in [-0.2, -0.15) is 0 Å². The van der Waals surface area contributed by atoms with Gasteiger partial charge in [0.1, 0.15) is 19.0 Å². The Balaban J connectivity index is 0.000000360. The van der Waals surface area contributed by atoms with E-state index in [0.717, 1.165) is 4.90 Å². The molecule has 3 rings (SSSR count). The molecular weight excluding hydrogens is 548 g/mol. The molecule has 3 fully saturated rings. The standard InChI is InChI=1S/C11H16N8O8.C7H12N2O4/c20-1-10(4(22)14-8(26)18-10)16-6(24)12-3-13-7(25)17-11(2-21)5(23)15-9(27)19-11;1-7(2)5(12)8(3-10)6(13)9(7)4-11/h20-21H,1-3H2,(H2,12,16,24)(H2,13,17,25)(H2,14,18,22,26)(H2,15,19,23,27);10-11H,3-4H2,1-2H3. The van der Waals surface area contributed by atoms with Gasteiger partial charge in [0.25, 0.3) is 17.7 Å². The Morgan fingerprint density at radius 2 is 1.18 bits per heavy atom. The second kappa shape index (κ2) is 11.9. The number of rotatable bonds is 8. The summed E-state index contributed by atoms with van der Waals surface area (Å²) in [6.07, 6.45) is 0. The van der Waals surface area contributed by atoms with Gasteiger partial charge in [0.2, 0.25) is 11.3 Å². The van der Waals surface area contributed by atoms with Crippen molar-refractivity contribution < 1.29 is 58.8 Å². The predicted molar refractivity (Wildman–Crippen MR) is 124 cm³/mol. The van der Waals surface area contributed by atoms with Crippen molar-refractivity contribution in [2.45, 2.75) is 30.7 Å². The summed E-state index contributed by atoms with van der Waals surface area (Å²) in [6.45, 7) is -0.546. The molecule has 0 aliphatic carbocycles. The van der Waals surface area contributed by atoms with Crippen molar-refractivity contribution in [1.29, 1.82) is 0 Å². The Morgan fingerprint density at radius 1 is 0.750 bits per heavy atom. The van der Waals surface area contributed by atoms with Crippen LogP contribution in [0.2, 0.25) is 0 Å². The molecule has 40 heavy (non-hydrogen) atoms. The molecule has 3 aliphatic heterocycles. The van der Waals surface area contributed by atoms with Crippen LogP contribution in [0.3, 0.4) is 0 Å². The Bertz CT molecular complexity index is 1060. The Morgan fingerprint density at radius 3 is 1.43 bits per heavy atom. The number of amides is 13. The van der Waals surface area contributed by atoms with Crippen LogP contribution in [0, 0.1) is 0 Å². The first kappa shape index (κ1) is 31.4. The number of nitrogens with zero attached hydrogens (tertiary/aromatic N) is 2. The number of aliphatic hydroxyl groups excluding tert-OH is 4. The van der Waals surface area contributed by atoms with Crippen LogP contribution in [0.1, 0.15) is 13.8 Å². The first-order valence-corrected chi connectivity index (χ1v) is 11.1. The van der Waals surface area contributed by atoms with Crippen LogP contribution in [-0.2, 0) is 14.4 Å². The average molecular weight is 576 g/mol. The van der Waals surface area contributed by atoms with Crippen molar-refractivity contribution in [2.24, 2.45) is 0 Å². The minimum atomic E-state index is -2.06. The Kier molecular flexibility index (Phi) is 9.37. The minimum Gasteiger partial charge on any atom is -0.391 e. The maximum Gasteiger partial charge on any atom is 0.331 e. The molecular formula is C18H28N10O12. The number of nitrogens with one attached hydrogen (secondary N) is 8. The summed E-state index contributed by atoms with van der Waals surface area (Å²) in [5.41, 5.74) is -5.19. The largest absolute Gasteiger partial charge is 0.391 e. The van der Waals surface area contributed by atoms with Crippen LogP contribution >= 0.6 is 0 Å². The molecule has 0 radical (unpaired) electrons. The van der Waals surface area contributed by atoms with Crippen molar-refractivity contribution in [3.05, 3.63) is 0 Å². The molecule has 3 heterocycles. The van der Waals surface area contributed by atoms with Crippen LogP contribution in [0.15, 0.2) is 0 Å². The van der Waals surface area contributed by atoms with Gasteiger partial charge in [-0.3, -0.25) is 29.9 Å². The lowest BCUT2D eigenvalue weighted by Gasteiger charge is -2.26. The molecule has 0 aromatic carbocycles. The molecule has 0 spiro atoms. The van der Waals surface area contributed by atoms with E-state index >= 15 is 0 Å². The second-order valence-corrected chi connectivity index (χ2v) is 8.67. The van der Waals surface area contributed by atoms with E-state index in [-0.39, 0.29) is 0 Å². The van der Waals surface area contributed by atoms with E-state index in [0.29, 0.717) is 4.90 Å². The summed E-state index contributed by atoms with van der Waals surface area (Å²) in [7, 11) is 0. The molecule has 2 atom stereocenters. The molecule has 0 aromatic heterocycles. The normalized spacial score (nSPS) is 24.9. The van der Waals surface area contributed by atoms with Crippen molar-refractivity contribution in [3.63, 3.8) is 0 Å². The third-order valence-corrected chi connectivity index (χ3v) is 5.70. The van der Waals surface area contributed by atoms with Crippen molar-refractivity contribution in [1.82, 2.24) is 52.3 Å². The number of hydrogen-bond acceptors (Lipinski definition) is 12. The SMILES string of the molecule is CC1(C)C(=O)N(CO)C(=O)N1CO.O=C(NCNC(=O)NC1(CO)NC(=O)NC1=O)NC1(CO)NC(=O)NC1=O. The van der Waals surface area contributed by atoms with Crippen molar-refractivity contribution in [3.8, 4) is 0 Å². The fourth-order valence-corrected chi connectivity index (χ4v) is 3.42. The number of carbonyl (C=O) groups is 8. The Labute approximate surface area is 223 Å². The molecule has 2 unspecified atom stereocenters. The number of urea groups is 5. The van der Waals surface area contributed by atoms with Crippen LogP contribution in [0.25, 0.3) is 0 Å². The number of imide groups is 3. The van der Waals surface area contributed by atoms with E-state index < -0.39 is 98.1 Å². The van der Waals surface area contributed by atoms with Gasteiger partial charge in [-0.15, -0.1) is 0 Å². The van der Waals surface area contributed by atoms with Crippen molar-refractivity contribution in [2.75, 3.05) is 33.3 Å². The van der Waals surface area contributed by atoms with Crippen molar-refractivity contribution >= 4 is 47.9 Å². The van der Waals surface area contributed by atoms with E-state index in [1.54, 1.807) is 0 Å². The van der Waals surface area contributed by atoms with Gasteiger partial charge in [0.05, 0.1) is 19.9 Å². The van der Waals surface area contributed by atoms with Crippen LogP contribution in [0.4, 0.5) is 24.0 Å². The lowest BCUT2D eigenvalue weighted by Crippen LogP contribution is -2.66. The summed E-state index contributed by atoms with van der Waals surface area (Å²) < 4.78 is 0. The van der Waals surface area contributed by atoms with Crippen LogP contribution < -0.4 is 42.5 Å². The average Bonchev–Trinajstić information content (AvgIpc) is 3.38. The Hall–Kier alpha value is -4.80. The molecule has 0 aromatic rings. The third kappa shape index (κ3) is 6.09. The molecule has 22 heteroatoms. The minimum absolute atomic E-state index is 0.506. The van der Waals surface area contributed by atoms with E-state index in [1.165, 1.54) is 13.8 Å². The highest BCUT2D eigenvalue weighted by molar-refractivity contribution is 6.09. The number of hydrogen-bond donors (Lipinski definition) is 12. The molecule has 22 nitrogen and oxygen atoms in total. The monoisotopic (exact) mass is 576 g/mol. The van der Waals surface area contributed by atoms with Gasteiger partial charge in [0, 0.05) is 0 Å². The van der Waals surface area contributed by atoms with Gasteiger partial charge in [-0.05, 0) is 13.8 Å². The zero-order valence-electron chi connectivity index (χ0n) is 21.0. The van der Waals surface area contributed by atoms with Gasteiger partial charge in [0.15, 0.2) is 0 Å². The van der Waals surface area contributed by atoms with E-state index in [1.807, 2.05) is 31.9 Å². The summed E-state index contributed by atoms with van der Waals surface area (Å²) in [6, 6.07) is -4.58. The van der Waals surface area contributed by atoms with Gasteiger partial charge in [-0.1, -0.05) is 0 Å². The first-order chi connectivity index (χ1) is 18.6. The van der Waals surface area contributed by atoms with Crippen LogP contribution in [0.5, 0.6) is 0 Å². The van der Waals surface area contributed by atoms with Gasteiger partial charge >= 0.3 is 30.2 Å². The number of aliphatic hydroxyl groups is 4. The van der Waals surface area contributed by atoms with E-state index in [9.17, 15) is 48.6 Å². The lowest BCUT2D eigenvalue weighted by molar-refractivity contribution is -0.134. The molecule has 3 aliphatic rings. The topological polar surface area (TPSA) is 320 Å². The zero-order chi connectivity index (χ0) is 30.5. The highest BCUT2D eigenvalue weighted by Crippen LogP contribution is 2.26. The lowest BCUT2D eigenvalue weighted by atomic mass is 10.1. The smallest absolute Gasteiger partial charge is 0.331 e. The highest BCUT2D eigenvalue weighted by Gasteiger charge is 2.51. The molecule has 0 saturated carbocycles. The van der Waals surface area contributed by atoms with Gasteiger partial charge < -0.3 is 52.3 Å². The number of carbonyl (C=O) groups excluding carboxylic acids is 8. The fourth-order valence-electron chi connectivity index (χ4n) is 3.42. The quantitative estimate of drug-likeness (QED) is 0.0948. The first-order valence-electron chi connectivity index (χ1n) is 11.1. The maximum atomic E-state index is 11.8. The molecule has 3 saturated heterocycles. The summed E-state index contributed by atoms with van der Waals surface area (Å²) in [5, 5.41) is 52.0. The molecule has 12 N–H and O–H groups in total. The van der Waals surface area contributed by atoms with E-state index in [4.69, 9.17) is 10.2 Å². The molecule has 222 valence electrons. The zero-order valence-corrected chi connectivity index (χ0v) is 21.0.